The van der Waals surface area contributed by atoms with Gasteiger partial charge in [-0.2, -0.15) is 0 Å². The number of halogens is 1. The smallest absolute Gasteiger partial charge is 0.309 e. The monoisotopic (exact) mass is 559 g/mol. The van der Waals surface area contributed by atoms with Crippen LogP contribution in [-0.4, -0.2) is 62.4 Å². The first-order chi connectivity index (χ1) is 15.2. The van der Waals surface area contributed by atoms with E-state index in [0.29, 0.717) is 25.9 Å². The van der Waals surface area contributed by atoms with E-state index in [9.17, 15) is 4.79 Å². The molecule has 1 aromatic carbocycles. The number of guanidine groups is 1. The van der Waals surface area contributed by atoms with Crippen LogP contribution < -0.4 is 5.32 Å². The van der Waals surface area contributed by atoms with E-state index in [4.69, 9.17) is 19.2 Å². The lowest BCUT2D eigenvalue weighted by atomic mass is 9.97. The lowest BCUT2D eigenvalue weighted by molar-refractivity contribution is -0.149. The summed E-state index contributed by atoms with van der Waals surface area (Å²) >= 11 is 0. The summed E-state index contributed by atoms with van der Waals surface area (Å²) in [6.07, 6.45) is 3.87. The first-order valence-electron chi connectivity index (χ1n) is 11.7. The van der Waals surface area contributed by atoms with Crippen LogP contribution in [-0.2, 0) is 32.2 Å². The molecule has 7 nitrogen and oxygen atoms in total. The van der Waals surface area contributed by atoms with E-state index in [0.717, 1.165) is 64.5 Å². The number of rotatable bonds is 8. The van der Waals surface area contributed by atoms with Crippen LogP contribution in [0.1, 0.15) is 50.7 Å². The highest BCUT2D eigenvalue weighted by atomic mass is 127. The third kappa shape index (κ3) is 8.51. The molecule has 2 aliphatic rings. The number of benzene rings is 1. The van der Waals surface area contributed by atoms with Gasteiger partial charge in [-0.05, 0) is 50.7 Å². The minimum Gasteiger partial charge on any atom is -0.466 e. The number of ether oxygens (including phenoxy) is 3. The van der Waals surface area contributed by atoms with Crippen LogP contribution >= 0.6 is 24.0 Å². The van der Waals surface area contributed by atoms with E-state index < -0.39 is 0 Å². The first-order valence-corrected chi connectivity index (χ1v) is 11.7. The van der Waals surface area contributed by atoms with Crippen molar-refractivity contribution in [3.8, 4) is 0 Å². The Balaban J connectivity index is 0.00000363. The lowest BCUT2D eigenvalue weighted by Gasteiger charge is -2.33. The van der Waals surface area contributed by atoms with Gasteiger partial charge in [0.25, 0.3) is 0 Å². The quantitative estimate of drug-likeness (QED) is 0.227. The second-order valence-electron chi connectivity index (χ2n) is 8.13. The zero-order valence-electron chi connectivity index (χ0n) is 19.4. The molecule has 0 aromatic heterocycles. The van der Waals surface area contributed by atoms with Gasteiger partial charge >= 0.3 is 5.97 Å². The fourth-order valence-corrected chi connectivity index (χ4v) is 4.05. The van der Waals surface area contributed by atoms with Gasteiger partial charge < -0.3 is 24.4 Å². The van der Waals surface area contributed by atoms with E-state index >= 15 is 0 Å². The highest BCUT2D eigenvalue weighted by molar-refractivity contribution is 14.0. The van der Waals surface area contributed by atoms with E-state index in [2.05, 4.69) is 41.4 Å². The molecule has 0 aliphatic carbocycles. The summed E-state index contributed by atoms with van der Waals surface area (Å²) in [7, 11) is 0. The summed E-state index contributed by atoms with van der Waals surface area (Å²) < 4.78 is 16.6. The number of esters is 1. The van der Waals surface area contributed by atoms with Crippen LogP contribution in [0, 0.1) is 5.92 Å². The molecule has 3 rings (SSSR count). The van der Waals surface area contributed by atoms with Gasteiger partial charge in [-0.1, -0.05) is 24.3 Å². The van der Waals surface area contributed by atoms with E-state index in [-0.39, 0.29) is 35.9 Å². The van der Waals surface area contributed by atoms with Gasteiger partial charge in [0.2, 0.25) is 0 Å². The number of nitrogens with one attached hydrogen (secondary N) is 1. The Labute approximate surface area is 209 Å². The predicted molar refractivity (Wildman–Crippen MR) is 136 cm³/mol. The molecule has 0 unspecified atom stereocenters. The molecule has 0 atom stereocenters. The Morgan fingerprint density at radius 1 is 1.16 bits per heavy atom. The normalized spacial score (nSPS) is 18.2. The van der Waals surface area contributed by atoms with Crippen molar-refractivity contribution in [2.24, 2.45) is 10.9 Å². The van der Waals surface area contributed by atoms with Crippen molar-refractivity contribution in [1.82, 2.24) is 10.2 Å². The molecule has 0 amide bonds. The van der Waals surface area contributed by atoms with Crippen molar-refractivity contribution in [3.05, 3.63) is 35.4 Å². The van der Waals surface area contributed by atoms with Gasteiger partial charge in [0.05, 0.1) is 31.8 Å². The van der Waals surface area contributed by atoms with Gasteiger partial charge in [-0.25, -0.2) is 4.99 Å². The molecule has 8 heteroatoms. The number of carbonyl (C=O) groups is 1. The Bertz CT molecular complexity index is 717. The highest BCUT2D eigenvalue weighted by Crippen LogP contribution is 2.19. The van der Waals surface area contributed by atoms with Crippen molar-refractivity contribution >= 4 is 35.9 Å². The van der Waals surface area contributed by atoms with Crippen LogP contribution in [0.15, 0.2) is 29.3 Å². The molecular formula is C24H38IN3O4. The summed E-state index contributed by atoms with van der Waals surface area (Å²) in [6.45, 7) is 9.66. The lowest BCUT2D eigenvalue weighted by Crippen LogP contribution is -2.46. The van der Waals surface area contributed by atoms with Crippen LogP contribution in [0.2, 0.25) is 0 Å². The summed E-state index contributed by atoms with van der Waals surface area (Å²) in [5.74, 6) is 0.851. The number of carbonyl (C=O) groups excluding carboxylic acids is 1. The molecule has 0 radical (unpaired) electrons. The second kappa shape index (κ2) is 14.7. The molecule has 2 heterocycles. The molecule has 0 saturated carbocycles. The fourth-order valence-electron chi connectivity index (χ4n) is 4.05. The highest BCUT2D eigenvalue weighted by Gasteiger charge is 2.27. The van der Waals surface area contributed by atoms with Crippen molar-refractivity contribution in [2.45, 2.75) is 58.8 Å². The summed E-state index contributed by atoms with van der Waals surface area (Å²) in [5, 5.41) is 3.40. The summed E-state index contributed by atoms with van der Waals surface area (Å²) in [6, 6.07) is 8.47. The average molecular weight is 559 g/mol. The first kappa shape index (κ1) is 26.9. The molecule has 2 fully saturated rings. The van der Waals surface area contributed by atoms with Gasteiger partial charge in [0, 0.05) is 32.8 Å². The van der Waals surface area contributed by atoms with Crippen LogP contribution in [0.25, 0.3) is 0 Å². The average Bonchev–Trinajstić information content (AvgIpc) is 2.82. The predicted octanol–water partition coefficient (Wildman–Crippen LogP) is 3.74. The Kier molecular flexibility index (Phi) is 12.3. The molecule has 2 saturated heterocycles. The number of hydrogen-bond acceptors (Lipinski definition) is 5. The maximum Gasteiger partial charge on any atom is 0.309 e. The number of nitrogens with zero attached hydrogens (tertiary/aromatic N) is 2. The Morgan fingerprint density at radius 3 is 2.56 bits per heavy atom. The van der Waals surface area contributed by atoms with E-state index in [1.165, 1.54) is 11.1 Å². The number of likely N-dealkylation sites (tertiary alicyclic amines) is 1. The minimum absolute atomic E-state index is 0. The second-order valence-corrected chi connectivity index (χ2v) is 8.13. The maximum atomic E-state index is 12.0. The molecule has 32 heavy (non-hydrogen) atoms. The van der Waals surface area contributed by atoms with Crippen molar-refractivity contribution in [2.75, 3.05) is 39.5 Å². The number of aliphatic imine (C=N–C) groups is 1. The number of hydrogen-bond donors (Lipinski definition) is 1. The van der Waals surface area contributed by atoms with Crippen molar-refractivity contribution in [3.63, 3.8) is 0 Å². The van der Waals surface area contributed by atoms with Gasteiger partial charge in [0.1, 0.15) is 0 Å². The van der Waals surface area contributed by atoms with Gasteiger partial charge in [0.15, 0.2) is 5.96 Å². The molecule has 180 valence electrons. The largest absolute Gasteiger partial charge is 0.466 e. The zero-order valence-corrected chi connectivity index (χ0v) is 21.7. The zero-order chi connectivity index (χ0) is 21.9. The third-order valence-corrected chi connectivity index (χ3v) is 5.81. The van der Waals surface area contributed by atoms with Gasteiger partial charge in [-0.15, -0.1) is 24.0 Å². The van der Waals surface area contributed by atoms with Crippen LogP contribution in [0.5, 0.6) is 0 Å². The van der Waals surface area contributed by atoms with Crippen LogP contribution in [0.4, 0.5) is 0 Å². The SMILES string of the molecule is CCNC(=NCc1cccc(COC2CCOCC2)c1)N1CCC(C(=O)OCC)CC1.I. The summed E-state index contributed by atoms with van der Waals surface area (Å²) in [4.78, 5) is 19.1. The van der Waals surface area contributed by atoms with E-state index in [1.54, 1.807) is 0 Å². The fraction of sp³-hybridized carbons (Fsp3) is 0.667. The molecular weight excluding hydrogens is 521 g/mol. The van der Waals surface area contributed by atoms with Crippen molar-refractivity contribution < 1.29 is 19.0 Å². The van der Waals surface area contributed by atoms with Crippen molar-refractivity contribution in [1.29, 1.82) is 0 Å². The van der Waals surface area contributed by atoms with Gasteiger partial charge in [-0.3, -0.25) is 4.79 Å². The molecule has 0 bridgehead atoms. The Hall–Kier alpha value is -1.39. The third-order valence-electron chi connectivity index (χ3n) is 5.81. The number of piperidine rings is 1. The standard InChI is InChI=1S/C24H37N3O4.HI/c1-3-25-24(27-12-8-21(9-13-27)23(28)30-4-2)26-17-19-6-5-7-20(16-19)18-31-22-10-14-29-15-11-22;/h5-7,16,21-22H,3-4,8-15,17-18H2,1-2H3,(H,25,26);1H. The topological polar surface area (TPSA) is 72.4 Å². The maximum absolute atomic E-state index is 12.0. The minimum atomic E-state index is -0.0659. The molecule has 1 aromatic rings. The Morgan fingerprint density at radius 2 is 1.88 bits per heavy atom. The van der Waals surface area contributed by atoms with E-state index in [1.807, 2.05) is 6.92 Å². The van der Waals surface area contributed by atoms with Crippen LogP contribution in [0.3, 0.4) is 0 Å². The molecule has 0 spiro atoms. The molecule has 2 aliphatic heterocycles. The molecule has 1 N–H and O–H groups in total. The summed E-state index contributed by atoms with van der Waals surface area (Å²) in [5.41, 5.74) is 2.35.